The molecular formula is C12H16N2OS2. The maximum Gasteiger partial charge on any atom is 0.166 e. The smallest absolute Gasteiger partial charge is 0.166 e. The van der Waals surface area contributed by atoms with Crippen molar-refractivity contribution in [1.82, 2.24) is 10.6 Å². The van der Waals surface area contributed by atoms with Gasteiger partial charge in [0.2, 0.25) is 0 Å². The van der Waals surface area contributed by atoms with Gasteiger partial charge in [-0.15, -0.1) is 0 Å². The Hall–Kier alpha value is -0.940. The summed E-state index contributed by atoms with van der Waals surface area (Å²) < 4.78 is 5.13. The van der Waals surface area contributed by atoms with E-state index in [2.05, 4.69) is 22.8 Å². The maximum absolute atomic E-state index is 5.13. The summed E-state index contributed by atoms with van der Waals surface area (Å²) in [5.41, 5.74) is 1.32. The van der Waals surface area contributed by atoms with E-state index in [1.807, 2.05) is 23.9 Å². The van der Waals surface area contributed by atoms with Crippen molar-refractivity contribution in [2.24, 2.45) is 0 Å². The Bertz CT molecular complexity index is 371. The number of ether oxygens (including phenoxy) is 1. The second-order valence-electron chi connectivity index (χ2n) is 3.87. The average Bonchev–Trinajstić information content (AvgIpc) is 2.39. The van der Waals surface area contributed by atoms with Gasteiger partial charge in [-0.05, 0) is 29.9 Å². The molecular weight excluding hydrogens is 252 g/mol. The number of benzene rings is 1. The molecule has 1 fully saturated rings. The summed E-state index contributed by atoms with van der Waals surface area (Å²) in [5.74, 6) is 1.93. The van der Waals surface area contributed by atoms with Crippen molar-refractivity contribution in [3.05, 3.63) is 29.8 Å². The highest BCUT2D eigenvalue weighted by Crippen LogP contribution is 2.20. The number of rotatable bonds is 4. The lowest BCUT2D eigenvalue weighted by Crippen LogP contribution is -2.49. The summed E-state index contributed by atoms with van der Waals surface area (Å²) in [6, 6.07) is 8.23. The van der Waals surface area contributed by atoms with Gasteiger partial charge in [0.15, 0.2) is 5.11 Å². The molecule has 5 heteroatoms. The molecule has 1 saturated heterocycles. The Morgan fingerprint density at radius 1 is 1.29 bits per heavy atom. The number of nitrogens with one attached hydrogen (secondary N) is 2. The molecule has 0 aromatic heterocycles. The molecule has 0 amide bonds. The lowest BCUT2D eigenvalue weighted by molar-refractivity contribution is 0.414. The average molecular weight is 268 g/mol. The molecule has 1 aromatic carbocycles. The first-order valence-electron chi connectivity index (χ1n) is 5.54. The molecule has 1 aromatic rings. The Labute approximate surface area is 111 Å². The number of thiocarbonyl (C=S) groups is 1. The van der Waals surface area contributed by atoms with Gasteiger partial charge < -0.3 is 15.4 Å². The van der Waals surface area contributed by atoms with Gasteiger partial charge in [-0.2, -0.15) is 11.8 Å². The van der Waals surface area contributed by atoms with E-state index in [1.54, 1.807) is 7.11 Å². The van der Waals surface area contributed by atoms with E-state index in [1.165, 1.54) is 5.56 Å². The fourth-order valence-corrected chi connectivity index (χ4v) is 2.79. The third-order valence-electron chi connectivity index (χ3n) is 2.63. The summed E-state index contributed by atoms with van der Waals surface area (Å²) in [4.78, 5) is 0. The molecule has 1 aliphatic heterocycles. The first-order chi connectivity index (χ1) is 8.28. The van der Waals surface area contributed by atoms with E-state index in [-0.39, 0.29) is 0 Å². The van der Waals surface area contributed by atoms with E-state index >= 15 is 0 Å². The first kappa shape index (κ1) is 12.5. The molecule has 17 heavy (non-hydrogen) atoms. The predicted octanol–water partition coefficient (Wildman–Crippen LogP) is 1.77. The molecule has 2 rings (SSSR count). The zero-order chi connectivity index (χ0) is 12.1. The Balaban J connectivity index is 1.79. The van der Waals surface area contributed by atoms with E-state index in [0.29, 0.717) is 5.25 Å². The molecule has 0 unspecified atom stereocenters. The summed E-state index contributed by atoms with van der Waals surface area (Å²) >= 11 is 6.96. The molecule has 0 spiro atoms. The van der Waals surface area contributed by atoms with Crippen molar-refractivity contribution in [2.45, 2.75) is 11.0 Å². The van der Waals surface area contributed by atoms with Crippen LogP contribution in [0.2, 0.25) is 0 Å². The van der Waals surface area contributed by atoms with Gasteiger partial charge >= 0.3 is 0 Å². The normalized spacial score (nSPS) is 16.2. The summed E-state index contributed by atoms with van der Waals surface area (Å²) in [6.07, 6.45) is 0. The van der Waals surface area contributed by atoms with E-state index in [4.69, 9.17) is 17.0 Å². The van der Waals surface area contributed by atoms with Crippen LogP contribution in [-0.4, -0.2) is 30.6 Å². The van der Waals surface area contributed by atoms with Crippen LogP contribution in [-0.2, 0) is 5.75 Å². The molecule has 92 valence electrons. The molecule has 3 nitrogen and oxygen atoms in total. The Kier molecular flexibility index (Phi) is 4.50. The van der Waals surface area contributed by atoms with Crippen LogP contribution in [0.15, 0.2) is 24.3 Å². The van der Waals surface area contributed by atoms with Crippen LogP contribution in [0.25, 0.3) is 0 Å². The molecule has 0 radical (unpaired) electrons. The van der Waals surface area contributed by atoms with Crippen LogP contribution in [0.4, 0.5) is 0 Å². The van der Waals surface area contributed by atoms with Crippen molar-refractivity contribution in [2.75, 3.05) is 20.2 Å². The van der Waals surface area contributed by atoms with Gasteiger partial charge in [0.05, 0.1) is 7.11 Å². The highest BCUT2D eigenvalue weighted by Gasteiger charge is 2.15. The predicted molar refractivity (Wildman–Crippen MR) is 76.7 cm³/mol. The van der Waals surface area contributed by atoms with Gasteiger partial charge in [0.25, 0.3) is 0 Å². The van der Waals surface area contributed by atoms with Crippen LogP contribution in [0.3, 0.4) is 0 Å². The van der Waals surface area contributed by atoms with Crippen LogP contribution < -0.4 is 15.4 Å². The highest BCUT2D eigenvalue weighted by atomic mass is 32.2. The van der Waals surface area contributed by atoms with Gasteiger partial charge in [0.1, 0.15) is 5.75 Å². The number of thioether (sulfide) groups is 1. The quantitative estimate of drug-likeness (QED) is 0.814. The van der Waals surface area contributed by atoms with Crippen LogP contribution >= 0.6 is 24.0 Å². The number of hydrogen-bond acceptors (Lipinski definition) is 3. The third kappa shape index (κ3) is 3.78. The van der Waals surface area contributed by atoms with Crippen molar-refractivity contribution < 1.29 is 4.74 Å². The van der Waals surface area contributed by atoms with Gasteiger partial charge in [0, 0.05) is 24.1 Å². The van der Waals surface area contributed by atoms with Crippen molar-refractivity contribution >= 4 is 29.1 Å². The van der Waals surface area contributed by atoms with Crippen LogP contribution in [0.5, 0.6) is 5.75 Å². The largest absolute Gasteiger partial charge is 0.497 e. The molecule has 1 aliphatic rings. The van der Waals surface area contributed by atoms with Crippen LogP contribution in [0.1, 0.15) is 5.56 Å². The minimum atomic E-state index is 0.573. The van der Waals surface area contributed by atoms with Crippen molar-refractivity contribution in [3.63, 3.8) is 0 Å². The lowest BCUT2D eigenvalue weighted by atomic mass is 10.2. The zero-order valence-electron chi connectivity index (χ0n) is 9.73. The Morgan fingerprint density at radius 3 is 2.53 bits per heavy atom. The van der Waals surface area contributed by atoms with E-state index in [0.717, 1.165) is 29.7 Å². The fraction of sp³-hybridized carbons (Fsp3) is 0.417. The molecule has 0 bridgehead atoms. The monoisotopic (exact) mass is 268 g/mol. The third-order valence-corrected chi connectivity index (χ3v) is 4.22. The standard InChI is InChI=1S/C12H16N2OS2/c1-15-10-4-2-9(3-5-10)8-17-11-6-13-12(16)14-7-11/h2-5,11H,6-8H2,1H3,(H2,13,14,16). The van der Waals surface area contributed by atoms with Crippen molar-refractivity contribution in [1.29, 1.82) is 0 Å². The number of hydrogen-bond donors (Lipinski definition) is 2. The second-order valence-corrected chi connectivity index (χ2v) is 5.57. The lowest BCUT2D eigenvalue weighted by Gasteiger charge is -2.25. The van der Waals surface area contributed by atoms with E-state index in [9.17, 15) is 0 Å². The summed E-state index contributed by atoms with van der Waals surface area (Å²) in [6.45, 7) is 1.90. The highest BCUT2D eigenvalue weighted by molar-refractivity contribution is 7.99. The Morgan fingerprint density at radius 2 is 1.94 bits per heavy atom. The SMILES string of the molecule is COc1ccc(CSC2CNC(=S)NC2)cc1. The molecule has 0 saturated carbocycles. The van der Waals surface area contributed by atoms with Gasteiger partial charge in [-0.1, -0.05) is 12.1 Å². The zero-order valence-corrected chi connectivity index (χ0v) is 11.4. The van der Waals surface area contributed by atoms with Gasteiger partial charge in [-0.25, -0.2) is 0 Å². The number of methoxy groups -OCH3 is 1. The van der Waals surface area contributed by atoms with E-state index < -0.39 is 0 Å². The second kappa shape index (κ2) is 6.12. The van der Waals surface area contributed by atoms with Crippen molar-refractivity contribution in [3.8, 4) is 5.75 Å². The van der Waals surface area contributed by atoms with Gasteiger partial charge in [-0.3, -0.25) is 0 Å². The summed E-state index contributed by atoms with van der Waals surface area (Å²) in [5, 5.41) is 7.67. The minimum Gasteiger partial charge on any atom is -0.497 e. The summed E-state index contributed by atoms with van der Waals surface area (Å²) in [7, 11) is 1.69. The molecule has 0 aliphatic carbocycles. The minimum absolute atomic E-state index is 0.573. The molecule has 0 atom stereocenters. The molecule has 1 heterocycles. The molecule has 2 N–H and O–H groups in total. The maximum atomic E-state index is 5.13. The topological polar surface area (TPSA) is 33.3 Å². The van der Waals surface area contributed by atoms with Crippen LogP contribution in [0, 0.1) is 0 Å². The first-order valence-corrected chi connectivity index (χ1v) is 7.00. The fourth-order valence-electron chi connectivity index (χ4n) is 1.60.